The fourth-order valence-electron chi connectivity index (χ4n) is 1.69. The van der Waals surface area contributed by atoms with Crippen molar-refractivity contribution in [2.24, 2.45) is 0 Å². The highest BCUT2D eigenvalue weighted by Crippen LogP contribution is 2.37. The molecule has 0 aliphatic carbocycles. The van der Waals surface area contributed by atoms with Crippen LogP contribution in [0.15, 0.2) is 30.3 Å². The van der Waals surface area contributed by atoms with Gasteiger partial charge in [-0.3, -0.25) is 0 Å². The number of rotatable bonds is 5. The molecular weight excluding hydrogens is 188 g/mol. The minimum absolute atomic E-state index is 0.0934. The summed E-state index contributed by atoms with van der Waals surface area (Å²) in [5.41, 5.74) is 1.32. The summed E-state index contributed by atoms with van der Waals surface area (Å²) in [4.78, 5) is 0. The van der Waals surface area contributed by atoms with Gasteiger partial charge in [-0.25, -0.2) is 0 Å². The minimum atomic E-state index is 0.0934. The Balaban J connectivity index is 1.60. The topological polar surface area (TPSA) is 21.8 Å². The van der Waals surface area contributed by atoms with Crippen molar-refractivity contribution in [3.8, 4) is 0 Å². The summed E-state index contributed by atoms with van der Waals surface area (Å²) in [5.74, 6) is 0. The maximum absolute atomic E-state index is 5.58. The molecule has 1 saturated heterocycles. The largest absolute Gasteiger partial charge is 0.377 e. The van der Waals surface area contributed by atoms with Gasteiger partial charge in [-0.1, -0.05) is 30.3 Å². The Morgan fingerprint density at radius 2 is 1.93 bits per heavy atom. The summed E-state index contributed by atoms with van der Waals surface area (Å²) >= 11 is 0. The van der Waals surface area contributed by atoms with E-state index < -0.39 is 0 Å². The maximum Gasteiger partial charge on any atom is 0.0893 e. The lowest BCUT2D eigenvalue weighted by molar-refractivity contribution is 0.113. The van der Waals surface area contributed by atoms with Gasteiger partial charge in [-0.2, -0.15) is 0 Å². The summed E-state index contributed by atoms with van der Waals surface area (Å²) in [6, 6.07) is 10.2. The number of ether oxygens (including phenoxy) is 2. The molecule has 1 aliphatic heterocycles. The molecule has 2 nitrogen and oxygen atoms in total. The quantitative estimate of drug-likeness (QED) is 0.546. The van der Waals surface area contributed by atoms with Gasteiger partial charge in [0.05, 0.1) is 18.3 Å². The van der Waals surface area contributed by atoms with Gasteiger partial charge in [-0.15, -0.1) is 0 Å². The first-order valence-corrected chi connectivity index (χ1v) is 5.48. The van der Waals surface area contributed by atoms with Crippen molar-refractivity contribution in [2.45, 2.75) is 38.6 Å². The first-order valence-electron chi connectivity index (χ1n) is 5.48. The molecule has 1 aromatic carbocycles. The van der Waals surface area contributed by atoms with Crippen molar-refractivity contribution in [3.05, 3.63) is 35.9 Å². The van der Waals surface area contributed by atoms with E-state index in [9.17, 15) is 0 Å². The smallest absolute Gasteiger partial charge is 0.0893 e. The van der Waals surface area contributed by atoms with E-state index in [-0.39, 0.29) is 5.60 Å². The molecule has 0 N–H and O–H groups in total. The van der Waals surface area contributed by atoms with Crippen LogP contribution < -0.4 is 0 Å². The second kappa shape index (κ2) is 4.33. The molecule has 1 atom stereocenters. The molecule has 1 unspecified atom stereocenters. The molecule has 0 saturated carbocycles. The molecule has 1 heterocycles. The fourth-order valence-corrected chi connectivity index (χ4v) is 1.69. The normalized spacial score (nSPS) is 22.7. The van der Waals surface area contributed by atoms with Crippen molar-refractivity contribution in [1.29, 1.82) is 0 Å². The molecule has 0 radical (unpaired) electrons. The second-order valence-electron chi connectivity index (χ2n) is 4.54. The van der Waals surface area contributed by atoms with Crippen LogP contribution in [0.4, 0.5) is 0 Å². The Bertz CT molecular complexity index is 306. The van der Waals surface area contributed by atoms with Crippen LogP contribution in [0.5, 0.6) is 0 Å². The molecule has 15 heavy (non-hydrogen) atoms. The zero-order valence-corrected chi connectivity index (χ0v) is 9.40. The zero-order valence-electron chi connectivity index (χ0n) is 9.40. The molecule has 82 valence electrons. The lowest BCUT2D eigenvalue weighted by Gasteiger charge is -2.03. The van der Waals surface area contributed by atoms with E-state index in [1.54, 1.807) is 0 Å². The van der Waals surface area contributed by atoms with Gasteiger partial charge in [0.15, 0.2) is 0 Å². The van der Waals surface area contributed by atoms with Gasteiger partial charge in [0.2, 0.25) is 0 Å². The Hall–Kier alpha value is -0.860. The molecule has 2 heteroatoms. The maximum atomic E-state index is 5.58. The first-order chi connectivity index (χ1) is 7.18. The van der Waals surface area contributed by atoms with Gasteiger partial charge in [-0.05, 0) is 25.8 Å². The number of benzene rings is 1. The third kappa shape index (κ3) is 3.05. The molecule has 1 aliphatic rings. The summed E-state index contributed by atoms with van der Waals surface area (Å²) in [6.45, 7) is 5.72. The highest BCUT2D eigenvalue weighted by atomic mass is 16.6. The predicted molar refractivity (Wildman–Crippen MR) is 59.7 cm³/mol. The van der Waals surface area contributed by atoms with Gasteiger partial charge in [0.25, 0.3) is 0 Å². The van der Waals surface area contributed by atoms with E-state index >= 15 is 0 Å². The molecule has 0 spiro atoms. The van der Waals surface area contributed by atoms with E-state index in [1.165, 1.54) is 5.56 Å². The Morgan fingerprint density at radius 3 is 2.53 bits per heavy atom. The first kappa shape index (κ1) is 10.7. The summed E-state index contributed by atoms with van der Waals surface area (Å²) in [6.07, 6.45) is 1.40. The Morgan fingerprint density at radius 1 is 1.27 bits per heavy atom. The van der Waals surface area contributed by atoms with Crippen LogP contribution in [0.2, 0.25) is 0 Å². The van der Waals surface area contributed by atoms with E-state index in [4.69, 9.17) is 9.47 Å². The van der Waals surface area contributed by atoms with E-state index in [0.29, 0.717) is 12.7 Å². The minimum Gasteiger partial charge on any atom is -0.377 e. The molecule has 2 rings (SSSR count). The third-order valence-corrected chi connectivity index (χ3v) is 2.80. The Kier molecular flexibility index (Phi) is 3.08. The lowest BCUT2D eigenvalue weighted by atomic mass is 10.1. The van der Waals surface area contributed by atoms with Crippen molar-refractivity contribution in [2.75, 3.05) is 6.61 Å². The standard InChI is InChI=1S/C13H18O2/c1-13(2)12(15-13)8-9-14-10-11-6-4-3-5-7-11/h3-7,12H,8-10H2,1-2H3. The SMILES string of the molecule is CC1(C)OC1CCOCc1ccccc1. The second-order valence-corrected chi connectivity index (χ2v) is 4.54. The third-order valence-electron chi connectivity index (χ3n) is 2.80. The molecular formula is C13H18O2. The number of epoxide rings is 1. The number of hydrogen-bond acceptors (Lipinski definition) is 2. The van der Waals surface area contributed by atoms with Crippen LogP contribution in [0.3, 0.4) is 0 Å². The fraction of sp³-hybridized carbons (Fsp3) is 0.538. The van der Waals surface area contributed by atoms with Crippen molar-refractivity contribution >= 4 is 0 Å². The average Bonchev–Trinajstić information content (AvgIpc) is 2.83. The molecule has 1 aromatic rings. The van der Waals surface area contributed by atoms with Crippen LogP contribution in [-0.2, 0) is 16.1 Å². The summed E-state index contributed by atoms with van der Waals surface area (Å²) in [7, 11) is 0. The monoisotopic (exact) mass is 206 g/mol. The van der Waals surface area contributed by atoms with Gasteiger partial charge in [0.1, 0.15) is 0 Å². The van der Waals surface area contributed by atoms with Crippen LogP contribution in [-0.4, -0.2) is 18.3 Å². The van der Waals surface area contributed by atoms with Gasteiger partial charge < -0.3 is 9.47 Å². The molecule has 0 bridgehead atoms. The van der Waals surface area contributed by atoms with Crippen LogP contribution >= 0.6 is 0 Å². The number of hydrogen-bond donors (Lipinski definition) is 0. The van der Waals surface area contributed by atoms with Crippen LogP contribution in [0, 0.1) is 0 Å². The highest BCUT2D eigenvalue weighted by Gasteiger charge is 2.46. The zero-order chi connectivity index (χ0) is 10.7. The molecule has 1 fully saturated rings. The van der Waals surface area contributed by atoms with E-state index in [2.05, 4.69) is 26.0 Å². The van der Waals surface area contributed by atoms with E-state index in [0.717, 1.165) is 13.0 Å². The van der Waals surface area contributed by atoms with Gasteiger partial charge >= 0.3 is 0 Å². The Labute approximate surface area is 91.2 Å². The summed E-state index contributed by atoms with van der Waals surface area (Å²) < 4.78 is 11.1. The lowest BCUT2D eigenvalue weighted by Crippen LogP contribution is -2.06. The molecule has 0 amide bonds. The van der Waals surface area contributed by atoms with Gasteiger partial charge in [0, 0.05) is 6.61 Å². The average molecular weight is 206 g/mol. The van der Waals surface area contributed by atoms with Crippen LogP contribution in [0.1, 0.15) is 25.8 Å². The van der Waals surface area contributed by atoms with Crippen LogP contribution in [0.25, 0.3) is 0 Å². The molecule has 0 aromatic heterocycles. The van der Waals surface area contributed by atoms with E-state index in [1.807, 2.05) is 18.2 Å². The van der Waals surface area contributed by atoms with Crippen molar-refractivity contribution < 1.29 is 9.47 Å². The highest BCUT2D eigenvalue weighted by molar-refractivity contribution is 5.13. The van der Waals surface area contributed by atoms with Crippen molar-refractivity contribution in [3.63, 3.8) is 0 Å². The summed E-state index contributed by atoms with van der Waals surface area (Å²) in [5, 5.41) is 0. The van der Waals surface area contributed by atoms with Crippen molar-refractivity contribution in [1.82, 2.24) is 0 Å². The predicted octanol–water partition coefficient (Wildman–Crippen LogP) is 2.77.